The van der Waals surface area contributed by atoms with Gasteiger partial charge in [0.2, 0.25) is 5.95 Å². The smallest absolute Gasteiger partial charge is 0.223 e. The van der Waals surface area contributed by atoms with E-state index in [0.29, 0.717) is 16.5 Å². The largest absolute Gasteiger partial charge is 0.354 e. The molecule has 1 heterocycles. The van der Waals surface area contributed by atoms with E-state index >= 15 is 0 Å². The fraction of sp³-hybridized carbons (Fsp3) is 0.231. The first-order valence-electron chi connectivity index (χ1n) is 5.73. The van der Waals surface area contributed by atoms with Crippen LogP contribution in [0.1, 0.15) is 13.3 Å². The summed E-state index contributed by atoms with van der Waals surface area (Å²) in [5, 5.41) is 3.57. The Balaban J connectivity index is 2.37. The van der Waals surface area contributed by atoms with Crippen molar-refractivity contribution >= 4 is 17.5 Å². The van der Waals surface area contributed by atoms with Crippen molar-refractivity contribution in [2.24, 2.45) is 0 Å². The van der Waals surface area contributed by atoms with Crippen molar-refractivity contribution in [3.05, 3.63) is 41.3 Å². The van der Waals surface area contributed by atoms with Gasteiger partial charge in [-0.1, -0.05) is 30.7 Å². The van der Waals surface area contributed by atoms with Gasteiger partial charge in [0.15, 0.2) is 5.82 Å². The molecule has 94 valence electrons. The Hall–Kier alpha value is -1.68. The third-order valence-corrected chi connectivity index (χ3v) is 2.61. The lowest BCUT2D eigenvalue weighted by Crippen LogP contribution is -2.05. The molecule has 1 aromatic heterocycles. The lowest BCUT2D eigenvalue weighted by molar-refractivity contribution is 0.618. The number of halogens is 2. The molecule has 1 aromatic carbocycles. The molecule has 2 aromatic rings. The number of hydrogen-bond donors (Lipinski definition) is 1. The Kier molecular flexibility index (Phi) is 4.10. The zero-order chi connectivity index (χ0) is 13.0. The Bertz CT molecular complexity index is 546. The molecule has 0 unspecified atom stereocenters. The molecular weight excluding hydrogens is 253 g/mol. The summed E-state index contributed by atoms with van der Waals surface area (Å²) in [5.41, 5.74) is 0.896. The summed E-state index contributed by atoms with van der Waals surface area (Å²) >= 11 is 5.89. The molecule has 0 saturated carbocycles. The fourth-order valence-electron chi connectivity index (χ4n) is 1.53. The SMILES string of the molecule is CCCNc1ncc(F)c(-c2cccc(Cl)c2)n1. The van der Waals surface area contributed by atoms with Gasteiger partial charge in [0, 0.05) is 17.1 Å². The Labute approximate surface area is 110 Å². The third-order valence-electron chi connectivity index (χ3n) is 2.38. The molecule has 0 bridgehead atoms. The Morgan fingerprint density at radius 3 is 2.94 bits per heavy atom. The molecular formula is C13H13ClFN3. The highest BCUT2D eigenvalue weighted by molar-refractivity contribution is 6.30. The average molecular weight is 266 g/mol. The number of rotatable bonds is 4. The predicted octanol–water partition coefficient (Wildman–Crippen LogP) is 3.76. The maximum absolute atomic E-state index is 13.7. The second kappa shape index (κ2) is 5.78. The van der Waals surface area contributed by atoms with Gasteiger partial charge in [-0.3, -0.25) is 0 Å². The van der Waals surface area contributed by atoms with E-state index in [1.165, 1.54) is 6.20 Å². The first-order valence-corrected chi connectivity index (χ1v) is 6.11. The summed E-state index contributed by atoms with van der Waals surface area (Å²) in [6.45, 7) is 2.79. The number of benzene rings is 1. The van der Waals surface area contributed by atoms with Gasteiger partial charge in [0.1, 0.15) is 5.69 Å². The normalized spacial score (nSPS) is 10.4. The van der Waals surface area contributed by atoms with Crippen LogP contribution in [-0.2, 0) is 0 Å². The number of anilines is 1. The van der Waals surface area contributed by atoms with E-state index in [-0.39, 0.29) is 5.69 Å². The lowest BCUT2D eigenvalue weighted by Gasteiger charge is -2.07. The van der Waals surface area contributed by atoms with E-state index in [1.807, 2.05) is 6.92 Å². The second-order valence-electron chi connectivity index (χ2n) is 3.83. The van der Waals surface area contributed by atoms with Gasteiger partial charge in [0.25, 0.3) is 0 Å². The first-order chi connectivity index (χ1) is 8.70. The van der Waals surface area contributed by atoms with Crippen molar-refractivity contribution in [1.82, 2.24) is 9.97 Å². The summed E-state index contributed by atoms with van der Waals surface area (Å²) in [7, 11) is 0. The van der Waals surface area contributed by atoms with Crippen LogP contribution < -0.4 is 5.32 Å². The lowest BCUT2D eigenvalue weighted by atomic mass is 10.1. The standard InChI is InChI=1S/C13H13ClFN3/c1-2-6-16-13-17-8-11(15)12(18-13)9-4-3-5-10(14)7-9/h3-5,7-8H,2,6H2,1H3,(H,16,17,18). The first kappa shape index (κ1) is 12.8. The minimum Gasteiger partial charge on any atom is -0.354 e. The minimum absolute atomic E-state index is 0.256. The highest BCUT2D eigenvalue weighted by Crippen LogP contribution is 2.23. The van der Waals surface area contributed by atoms with Crippen LogP contribution in [0, 0.1) is 5.82 Å². The van der Waals surface area contributed by atoms with E-state index in [0.717, 1.165) is 13.0 Å². The molecule has 5 heteroatoms. The van der Waals surface area contributed by atoms with Gasteiger partial charge in [-0.25, -0.2) is 14.4 Å². The van der Waals surface area contributed by atoms with E-state index in [1.54, 1.807) is 24.3 Å². The molecule has 0 fully saturated rings. The summed E-state index contributed by atoms with van der Waals surface area (Å²) in [5.74, 6) is -0.0347. The van der Waals surface area contributed by atoms with Crippen LogP contribution in [0.5, 0.6) is 0 Å². The molecule has 18 heavy (non-hydrogen) atoms. The zero-order valence-electron chi connectivity index (χ0n) is 9.95. The summed E-state index contributed by atoms with van der Waals surface area (Å²) < 4.78 is 13.7. The van der Waals surface area contributed by atoms with Gasteiger partial charge in [-0.05, 0) is 18.6 Å². The van der Waals surface area contributed by atoms with Gasteiger partial charge in [-0.2, -0.15) is 0 Å². The van der Waals surface area contributed by atoms with Crippen molar-refractivity contribution in [1.29, 1.82) is 0 Å². The maximum Gasteiger partial charge on any atom is 0.223 e. The van der Waals surface area contributed by atoms with Crippen LogP contribution in [0.15, 0.2) is 30.5 Å². The third kappa shape index (κ3) is 2.96. The summed E-state index contributed by atoms with van der Waals surface area (Å²) in [4.78, 5) is 8.06. The average Bonchev–Trinajstić information content (AvgIpc) is 2.38. The molecule has 0 spiro atoms. The quantitative estimate of drug-likeness (QED) is 0.915. The number of nitrogens with zero attached hydrogens (tertiary/aromatic N) is 2. The molecule has 0 aliphatic carbocycles. The molecule has 1 N–H and O–H groups in total. The van der Waals surface area contributed by atoms with Crippen molar-refractivity contribution in [2.45, 2.75) is 13.3 Å². The molecule has 0 saturated heterocycles. The van der Waals surface area contributed by atoms with Crippen molar-refractivity contribution < 1.29 is 4.39 Å². The van der Waals surface area contributed by atoms with E-state index in [4.69, 9.17) is 11.6 Å². The predicted molar refractivity (Wildman–Crippen MR) is 71.2 cm³/mol. The monoisotopic (exact) mass is 265 g/mol. The van der Waals surface area contributed by atoms with E-state index in [2.05, 4.69) is 15.3 Å². The van der Waals surface area contributed by atoms with Crippen molar-refractivity contribution in [2.75, 3.05) is 11.9 Å². The number of nitrogens with one attached hydrogen (secondary N) is 1. The Morgan fingerprint density at radius 1 is 1.39 bits per heavy atom. The second-order valence-corrected chi connectivity index (χ2v) is 4.26. The van der Waals surface area contributed by atoms with E-state index < -0.39 is 5.82 Å². The van der Waals surface area contributed by atoms with Crippen LogP contribution in [0.4, 0.5) is 10.3 Å². The van der Waals surface area contributed by atoms with Crippen molar-refractivity contribution in [3.63, 3.8) is 0 Å². The molecule has 0 amide bonds. The number of aromatic nitrogens is 2. The summed E-state index contributed by atoms with van der Waals surface area (Å²) in [6, 6.07) is 6.94. The van der Waals surface area contributed by atoms with E-state index in [9.17, 15) is 4.39 Å². The molecule has 0 aliphatic heterocycles. The maximum atomic E-state index is 13.7. The van der Waals surface area contributed by atoms with Crippen LogP contribution in [0.3, 0.4) is 0 Å². The Morgan fingerprint density at radius 2 is 2.22 bits per heavy atom. The molecule has 0 atom stereocenters. The van der Waals surface area contributed by atoms with Crippen LogP contribution in [-0.4, -0.2) is 16.5 Å². The summed E-state index contributed by atoms with van der Waals surface area (Å²) in [6.07, 6.45) is 2.12. The van der Waals surface area contributed by atoms with Crippen molar-refractivity contribution in [3.8, 4) is 11.3 Å². The van der Waals surface area contributed by atoms with Crippen LogP contribution in [0.25, 0.3) is 11.3 Å². The van der Waals surface area contributed by atoms with Gasteiger partial charge in [-0.15, -0.1) is 0 Å². The number of hydrogen-bond acceptors (Lipinski definition) is 3. The fourth-order valence-corrected chi connectivity index (χ4v) is 1.72. The zero-order valence-corrected chi connectivity index (χ0v) is 10.7. The van der Waals surface area contributed by atoms with Gasteiger partial charge >= 0.3 is 0 Å². The van der Waals surface area contributed by atoms with Crippen LogP contribution >= 0.6 is 11.6 Å². The topological polar surface area (TPSA) is 37.8 Å². The van der Waals surface area contributed by atoms with Gasteiger partial charge in [0.05, 0.1) is 6.20 Å². The minimum atomic E-state index is -0.459. The van der Waals surface area contributed by atoms with Gasteiger partial charge < -0.3 is 5.32 Å². The highest BCUT2D eigenvalue weighted by atomic mass is 35.5. The molecule has 3 nitrogen and oxygen atoms in total. The molecule has 0 radical (unpaired) electrons. The highest BCUT2D eigenvalue weighted by Gasteiger charge is 2.09. The molecule has 2 rings (SSSR count). The molecule has 0 aliphatic rings. The van der Waals surface area contributed by atoms with Crippen LogP contribution in [0.2, 0.25) is 5.02 Å².